The quantitative estimate of drug-likeness (QED) is 0.817. The zero-order chi connectivity index (χ0) is 14.2. The standard InChI is InChI=1S/C13H15Cl2N3O/c1-8(14)13-16-10-6-4-5-9(15)12(10)18(13)7-11(19)17(2)3/h4-6,8H,7H2,1-3H3. The smallest absolute Gasteiger partial charge is 0.242 e. The summed E-state index contributed by atoms with van der Waals surface area (Å²) in [6.45, 7) is 2.01. The number of imidazole rings is 1. The fraction of sp³-hybridized carbons (Fsp3) is 0.385. The van der Waals surface area contributed by atoms with E-state index in [1.807, 2.05) is 19.1 Å². The molecule has 6 heteroatoms. The van der Waals surface area contributed by atoms with Crippen LogP contribution in [-0.4, -0.2) is 34.5 Å². The molecule has 0 aliphatic carbocycles. The minimum Gasteiger partial charge on any atom is -0.347 e. The Morgan fingerprint density at radius 3 is 2.74 bits per heavy atom. The number of benzene rings is 1. The van der Waals surface area contributed by atoms with E-state index in [1.165, 1.54) is 4.90 Å². The number of amides is 1. The summed E-state index contributed by atoms with van der Waals surface area (Å²) in [6, 6.07) is 5.48. The number of halogens is 2. The highest BCUT2D eigenvalue weighted by Crippen LogP contribution is 2.29. The van der Waals surface area contributed by atoms with Crippen molar-refractivity contribution in [2.45, 2.75) is 18.8 Å². The van der Waals surface area contributed by atoms with E-state index in [4.69, 9.17) is 23.2 Å². The Bertz CT molecular complexity index is 620. The van der Waals surface area contributed by atoms with Crippen LogP contribution in [0.3, 0.4) is 0 Å². The third-order valence-corrected chi connectivity index (χ3v) is 3.40. The Morgan fingerprint density at radius 2 is 2.16 bits per heavy atom. The molecule has 0 radical (unpaired) electrons. The summed E-state index contributed by atoms with van der Waals surface area (Å²) in [6.07, 6.45) is 0. The van der Waals surface area contributed by atoms with Crippen LogP contribution in [0.15, 0.2) is 18.2 Å². The number of para-hydroxylation sites is 1. The number of rotatable bonds is 3. The molecule has 1 atom stereocenters. The Balaban J connectivity index is 2.61. The predicted octanol–water partition coefficient (Wildman–Crippen LogP) is 3.08. The van der Waals surface area contributed by atoms with Gasteiger partial charge in [-0.3, -0.25) is 4.79 Å². The number of carbonyl (C=O) groups excluding carboxylic acids is 1. The van der Waals surface area contributed by atoms with Crippen LogP contribution in [0.4, 0.5) is 0 Å². The molecule has 4 nitrogen and oxygen atoms in total. The van der Waals surface area contributed by atoms with Gasteiger partial charge in [0.05, 0.1) is 21.4 Å². The number of hydrogen-bond acceptors (Lipinski definition) is 2. The highest BCUT2D eigenvalue weighted by Gasteiger charge is 2.19. The first kappa shape index (κ1) is 14.2. The van der Waals surface area contributed by atoms with Crippen molar-refractivity contribution in [3.8, 4) is 0 Å². The summed E-state index contributed by atoms with van der Waals surface area (Å²) in [5.74, 6) is 0.623. The predicted molar refractivity (Wildman–Crippen MR) is 77.7 cm³/mol. The van der Waals surface area contributed by atoms with Gasteiger partial charge in [0.15, 0.2) is 0 Å². The lowest BCUT2D eigenvalue weighted by atomic mass is 10.3. The van der Waals surface area contributed by atoms with Gasteiger partial charge >= 0.3 is 0 Å². The second-order valence-electron chi connectivity index (χ2n) is 4.57. The number of likely N-dealkylation sites (N-methyl/N-ethyl adjacent to an activating group) is 1. The van der Waals surface area contributed by atoms with Gasteiger partial charge in [-0.2, -0.15) is 0 Å². The third-order valence-electron chi connectivity index (χ3n) is 2.89. The Morgan fingerprint density at radius 1 is 1.47 bits per heavy atom. The van der Waals surface area contributed by atoms with E-state index in [1.54, 1.807) is 24.7 Å². The molecule has 102 valence electrons. The van der Waals surface area contributed by atoms with E-state index in [2.05, 4.69) is 4.98 Å². The van der Waals surface area contributed by atoms with E-state index in [-0.39, 0.29) is 17.8 Å². The van der Waals surface area contributed by atoms with Gasteiger partial charge in [-0.25, -0.2) is 4.98 Å². The molecule has 0 saturated carbocycles. The zero-order valence-electron chi connectivity index (χ0n) is 11.0. The first-order valence-corrected chi connectivity index (χ1v) is 6.72. The van der Waals surface area contributed by atoms with Gasteiger partial charge in [0, 0.05) is 14.1 Å². The highest BCUT2D eigenvalue weighted by atomic mass is 35.5. The maximum atomic E-state index is 11.9. The van der Waals surface area contributed by atoms with Gasteiger partial charge in [-0.15, -0.1) is 11.6 Å². The summed E-state index contributed by atoms with van der Waals surface area (Å²) < 4.78 is 1.79. The summed E-state index contributed by atoms with van der Waals surface area (Å²) >= 11 is 12.4. The molecule has 2 rings (SSSR count). The minimum atomic E-state index is -0.293. The number of hydrogen-bond donors (Lipinski definition) is 0. The average Bonchev–Trinajstić information content (AvgIpc) is 2.69. The van der Waals surface area contributed by atoms with Crippen LogP contribution in [0.5, 0.6) is 0 Å². The number of carbonyl (C=O) groups is 1. The molecular formula is C13H15Cl2N3O. The van der Waals surface area contributed by atoms with E-state index in [0.29, 0.717) is 10.8 Å². The highest BCUT2D eigenvalue weighted by molar-refractivity contribution is 6.35. The van der Waals surface area contributed by atoms with E-state index in [0.717, 1.165) is 11.0 Å². The lowest BCUT2D eigenvalue weighted by Gasteiger charge is -2.14. The first-order valence-electron chi connectivity index (χ1n) is 5.90. The molecule has 1 unspecified atom stereocenters. The normalized spacial score (nSPS) is 12.7. The summed E-state index contributed by atoms with van der Waals surface area (Å²) in [5, 5.41) is 0.276. The molecule has 0 spiro atoms. The fourth-order valence-corrected chi connectivity index (χ4v) is 2.34. The molecule has 0 aliphatic heterocycles. The second-order valence-corrected chi connectivity index (χ2v) is 5.63. The molecule has 0 bridgehead atoms. The molecular weight excluding hydrogens is 285 g/mol. The maximum absolute atomic E-state index is 11.9. The van der Waals surface area contributed by atoms with E-state index in [9.17, 15) is 4.79 Å². The van der Waals surface area contributed by atoms with Crippen molar-refractivity contribution in [2.24, 2.45) is 0 Å². The van der Waals surface area contributed by atoms with Crippen LogP contribution in [0.2, 0.25) is 5.02 Å². The molecule has 0 N–H and O–H groups in total. The molecule has 2 aromatic rings. The van der Waals surface area contributed by atoms with Gasteiger partial charge in [-0.1, -0.05) is 17.7 Å². The topological polar surface area (TPSA) is 38.1 Å². The number of alkyl halides is 1. The Kier molecular flexibility index (Phi) is 4.02. The SMILES string of the molecule is CC(Cl)c1nc2cccc(Cl)c2n1CC(=O)N(C)C. The van der Waals surface area contributed by atoms with Gasteiger partial charge in [0.25, 0.3) is 0 Å². The second kappa shape index (κ2) is 5.39. The van der Waals surface area contributed by atoms with Gasteiger partial charge < -0.3 is 9.47 Å². The maximum Gasteiger partial charge on any atom is 0.242 e. The van der Waals surface area contributed by atoms with Gasteiger partial charge in [-0.05, 0) is 19.1 Å². The molecule has 1 aromatic heterocycles. The van der Waals surface area contributed by atoms with Crippen LogP contribution in [0.1, 0.15) is 18.1 Å². The van der Waals surface area contributed by atoms with Gasteiger partial charge in [0.1, 0.15) is 12.4 Å². The van der Waals surface area contributed by atoms with Crippen molar-refractivity contribution in [1.29, 1.82) is 0 Å². The number of fused-ring (bicyclic) bond motifs is 1. The van der Waals surface area contributed by atoms with Crippen molar-refractivity contribution in [1.82, 2.24) is 14.5 Å². The Hall–Kier alpha value is -1.26. The molecule has 0 saturated heterocycles. The lowest BCUT2D eigenvalue weighted by molar-refractivity contribution is -0.129. The first-order chi connectivity index (χ1) is 8.91. The largest absolute Gasteiger partial charge is 0.347 e. The van der Waals surface area contributed by atoms with Crippen molar-refractivity contribution < 1.29 is 4.79 Å². The van der Waals surface area contributed by atoms with Crippen LogP contribution in [-0.2, 0) is 11.3 Å². The molecule has 1 heterocycles. The molecule has 19 heavy (non-hydrogen) atoms. The monoisotopic (exact) mass is 299 g/mol. The van der Waals surface area contributed by atoms with Crippen molar-refractivity contribution >= 4 is 40.1 Å². The summed E-state index contributed by atoms with van der Waals surface area (Å²) in [5.41, 5.74) is 1.50. The molecule has 0 fully saturated rings. The molecule has 1 amide bonds. The van der Waals surface area contributed by atoms with Crippen molar-refractivity contribution in [2.75, 3.05) is 14.1 Å². The van der Waals surface area contributed by atoms with Crippen LogP contribution in [0, 0.1) is 0 Å². The fourth-order valence-electron chi connectivity index (χ4n) is 1.90. The van der Waals surface area contributed by atoms with E-state index < -0.39 is 0 Å². The zero-order valence-corrected chi connectivity index (χ0v) is 12.5. The minimum absolute atomic E-state index is 0.0298. The van der Waals surface area contributed by atoms with E-state index >= 15 is 0 Å². The van der Waals surface area contributed by atoms with Crippen LogP contribution >= 0.6 is 23.2 Å². The van der Waals surface area contributed by atoms with Crippen LogP contribution < -0.4 is 0 Å². The lowest BCUT2D eigenvalue weighted by Crippen LogP contribution is -2.27. The summed E-state index contributed by atoms with van der Waals surface area (Å²) in [4.78, 5) is 17.9. The number of nitrogens with zero attached hydrogens (tertiary/aromatic N) is 3. The Labute approximate surface area is 121 Å². The molecule has 1 aromatic carbocycles. The van der Waals surface area contributed by atoms with Crippen LogP contribution in [0.25, 0.3) is 11.0 Å². The van der Waals surface area contributed by atoms with Crippen molar-refractivity contribution in [3.05, 3.63) is 29.0 Å². The van der Waals surface area contributed by atoms with Crippen molar-refractivity contribution in [3.63, 3.8) is 0 Å². The van der Waals surface area contributed by atoms with Gasteiger partial charge in [0.2, 0.25) is 5.91 Å². The summed E-state index contributed by atoms with van der Waals surface area (Å²) in [7, 11) is 3.43. The number of aromatic nitrogens is 2. The third kappa shape index (κ3) is 2.69. The average molecular weight is 300 g/mol. The molecule has 0 aliphatic rings.